The van der Waals surface area contributed by atoms with Gasteiger partial charge in [0.25, 0.3) is 0 Å². The molecule has 2 rings (SSSR count). The molecule has 1 atom stereocenters. The number of halogens is 3. The second kappa shape index (κ2) is 5.45. The monoisotopic (exact) mass is 318 g/mol. The fourth-order valence-corrected chi connectivity index (χ4v) is 2.23. The molecule has 0 heterocycles. The smallest absolute Gasteiger partial charge is 0.197 e. The molecule has 98 valence electrons. The molecule has 1 aromatic rings. The number of Topliss-reactive ketones (excluding diaryl/α,β-unsaturated/α-hetero) is 1. The molecule has 1 fully saturated rings. The van der Waals surface area contributed by atoms with Crippen LogP contribution in [-0.2, 0) is 4.74 Å². The Bertz CT molecular complexity index is 472. The summed E-state index contributed by atoms with van der Waals surface area (Å²) in [7, 11) is 0. The summed E-state index contributed by atoms with van der Waals surface area (Å²) in [4.78, 5) is 12.2. The molecule has 18 heavy (non-hydrogen) atoms. The third-order valence-electron chi connectivity index (χ3n) is 2.95. The van der Waals surface area contributed by atoms with Crippen molar-refractivity contribution in [1.82, 2.24) is 0 Å². The van der Waals surface area contributed by atoms with Gasteiger partial charge in [-0.1, -0.05) is 0 Å². The number of ether oxygens (including phenoxy) is 1. The zero-order valence-corrected chi connectivity index (χ0v) is 11.5. The van der Waals surface area contributed by atoms with Gasteiger partial charge >= 0.3 is 0 Å². The zero-order valence-electron chi connectivity index (χ0n) is 9.88. The van der Waals surface area contributed by atoms with E-state index >= 15 is 0 Å². The van der Waals surface area contributed by atoms with Crippen molar-refractivity contribution in [2.45, 2.75) is 25.9 Å². The minimum atomic E-state index is -0.856. The van der Waals surface area contributed by atoms with E-state index in [9.17, 15) is 13.6 Å². The Morgan fingerprint density at radius 1 is 1.50 bits per heavy atom. The van der Waals surface area contributed by atoms with Crippen LogP contribution in [0.5, 0.6) is 0 Å². The van der Waals surface area contributed by atoms with Gasteiger partial charge in [0.2, 0.25) is 0 Å². The van der Waals surface area contributed by atoms with Crippen molar-refractivity contribution < 1.29 is 18.3 Å². The van der Waals surface area contributed by atoms with E-state index in [4.69, 9.17) is 4.74 Å². The van der Waals surface area contributed by atoms with Crippen LogP contribution in [0.1, 0.15) is 30.1 Å². The Kier molecular flexibility index (Phi) is 4.12. The molecule has 2 nitrogen and oxygen atoms in total. The lowest BCUT2D eigenvalue weighted by atomic mass is 10.0. The highest BCUT2D eigenvalue weighted by Crippen LogP contribution is 2.37. The third kappa shape index (κ3) is 2.62. The Hall–Kier alpha value is -0.810. The van der Waals surface area contributed by atoms with Gasteiger partial charge in [-0.3, -0.25) is 4.79 Å². The molecule has 1 aromatic carbocycles. The molecule has 0 radical (unpaired) electrons. The number of carbonyl (C=O) groups excluding carboxylic acids is 1. The molecular formula is C13H13BrF2O2. The molecule has 0 bridgehead atoms. The van der Waals surface area contributed by atoms with Crippen LogP contribution >= 0.6 is 15.9 Å². The summed E-state index contributed by atoms with van der Waals surface area (Å²) >= 11 is 2.95. The molecular weight excluding hydrogens is 306 g/mol. The second-order valence-corrected chi connectivity index (χ2v) is 5.15. The van der Waals surface area contributed by atoms with Crippen LogP contribution in [0.2, 0.25) is 0 Å². The van der Waals surface area contributed by atoms with Crippen LogP contribution in [0.25, 0.3) is 0 Å². The lowest BCUT2D eigenvalue weighted by Gasteiger charge is -2.16. The van der Waals surface area contributed by atoms with Crippen LogP contribution in [0.3, 0.4) is 0 Å². The van der Waals surface area contributed by atoms with Crippen LogP contribution in [0, 0.1) is 17.6 Å². The Labute approximate surface area is 112 Å². The first kappa shape index (κ1) is 13.6. The largest absolute Gasteiger partial charge is 0.370 e. The van der Waals surface area contributed by atoms with Crippen molar-refractivity contribution >= 4 is 21.7 Å². The maximum atomic E-state index is 13.8. The lowest BCUT2D eigenvalue weighted by molar-refractivity contribution is 0.0367. The van der Waals surface area contributed by atoms with E-state index in [1.165, 1.54) is 6.07 Å². The number of hydrogen-bond acceptors (Lipinski definition) is 2. The van der Waals surface area contributed by atoms with Gasteiger partial charge in [-0.2, -0.15) is 0 Å². The highest BCUT2D eigenvalue weighted by atomic mass is 79.9. The minimum absolute atomic E-state index is 0.0818. The van der Waals surface area contributed by atoms with E-state index in [2.05, 4.69) is 15.9 Å². The topological polar surface area (TPSA) is 26.3 Å². The molecule has 5 heteroatoms. The fraction of sp³-hybridized carbons (Fsp3) is 0.462. The van der Waals surface area contributed by atoms with Crippen molar-refractivity contribution in [1.29, 1.82) is 0 Å². The summed E-state index contributed by atoms with van der Waals surface area (Å²) in [5.74, 6) is -2.21. The highest BCUT2D eigenvalue weighted by molar-refractivity contribution is 9.10. The number of carbonyl (C=O) groups is 1. The average molecular weight is 319 g/mol. The van der Waals surface area contributed by atoms with Crippen molar-refractivity contribution in [3.05, 3.63) is 33.8 Å². The standard InChI is InChI=1S/C13H13BrF2O2/c1-2-18-13(7-3-4-7)12(17)10-9(15)6-5-8(14)11(10)16/h5-7,13H,2-4H2,1H3. The van der Waals surface area contributed by atoms with Gasteiger partial charge in [-0.25, -0.2) is 8.78 Å². The number of ketones is 1. The summed E-state index contributed by atoms with van der Waals surface area (Å²) in [6.45, 7) is 2.11. The van der Waals surface area contributed by atoms with Crippen molar-refractivity contribution in [3.63, 3.8) is 0 Å². The molecule has 0 aromatic heterocycles. The first-order chi connectivity index (χ1) is 8.56. The molecule has 0 spiro atoms. The van der Waals surface area contributed by atoms with Gasteiger partial charge in [-0.15, -0.1) is 0 Å². The van der Waals surface area contributed by atoms with E-state index in [1.807, 2.05) is 0 Å². The van der Waals surface area contributed by atoms with Gasteiger partial charge in [0.15, 0.2) is 11.6 Å². The number of benzene rings is 1. The Morgan fingerprint density at radius 3 is 2.72 bits per heavy atom. The predicted molar refractivity (Wildman–Crippen MR) is 66.5 cm³/mol. The van der Waals surface area contributed by atoms with Crippen LogP contribution in [0.4, 0.5) is 8.78 Å². The Morgan fingerprint density at radius 2 is 2.17 bits per heavy atom. The van der Waals surface area contributed by atoms with Crippen LogP contribution < -0.4 is 0 Å². The number of hydrogen-bond donors (Lipinski definition) is 0. The maximum absolute atomic E-state index is 13.8. The predicted octanol–water partition coefficient (Wildman–Crippen LogP) is 3.73. The molecule has 1 aliphatic rings. The van der Waals surface area contributed by atoms with Gasteiger partial charge in [0, 0.05) is 6.61 Å². The van der Waals surface area contributed by atoms with Gasteiger partial charge in [0.1, 0.15) is 11.9 Å². The van der Waals surface area contributed by atoms with Gasteiger partial charge in [0.05, 0.1) is 10.0 Å². The van der Waals surface area contributed by atoms with E-state index in [0.717, 1.165) is 18.9 Å². The second-order valence-electron chi connectivity index (χ2n) is 4.30. The summed E-state index contributed by atoms with van der Waals surface area (Å²) in [5, 5.41) is 0. The third-order valence-corrected chi connectivity index (χ3v) is 3.56. The summed E-state index contributed by atoms with van der Waals surface area (Å²) < 4.78 is 32.9. The van der Waals surface area contributed by atoms with Crippen LogP contribution in [0.15, 0.2) is 16.6 Å². The molecule has 0 N–H and O–H groups in total. The van der Waals surface area contributed by atoms with E-state index in [0.29, 0.717) is 6.61 Å². The maximum Gasteiger partial charge on any atom is 0.197 e. The summed E-state index contributed by atoms with van der Waals surface area (Å²) in [6, 6.07) is 2.32. The van der Waals surface area contributed by atoms with Crippen molar-refractivity contribution in [2.75, 3.05) is 6.61 Å². The van der Waals surface area contributed by atoms with Crippen molar-refractivity contribution in [2.24, 2.45) is 5.92 Å². The average Bonchev–Trinajstić information content (AvgIpc) is 3.15. The Balaban J connectivity index is 2.34. The quantitative estimate of drug-likeness (QED) is 0.611. The van der Waals surface area contributed by atoms with E-state index < -0.39 is 29.1 Å². The van der Waals surface area contributed by atoms with Gasteiger partial charge in [-0.05, 0) is 53.7 Å². The molecule has 1 unspecified atom stereocenters. The highest BCUT2D eigenvalue weighted by Gasteiger charge is 2.39. The molecule has 0 amide bonds. The van der Waals surface area contributed by atoms with Gasteiger partial charge < -0.3 is 4.74 Å². The minimum Gasteiger partial charge on any atom is -0.370 e. The summed E-state index contributed by atoms with van der Waals surface area (Å²) in [6.07, 6.45) is 1.01. The SMILES string of the molecule is CCOC(C(=O)c1c(F)ccc(Br)c1F)C1CC1. The number of rotatable bonds is 5. The normalized spacial score (nSPS) is 16.7. The molecule has 1 saturated carbocycles. The van der Waals surface area contributed by atoms with E-state index in [1.54, 1.807) is 6.92 Å². The molecule has 0 aliphatic heterocycles. The molecule has 1 aliphatic carbocycles. The van der Waals surface area contributed by atoms with Crippen molar-refractivity contribution in [3.8, 4) is 0 Å². The van der Waals surface area contributed by atoms with Crippen LogP contribution in [-0.4, -0.2) is 18.5 Å². The molecule has 0 saturated heterocycles. The first-order valence-electron chi connectivity index (χ1n) is 5.85. The fourth-order valence-electron chi connectivity index (χ4n) is 1.90. The zero-order chi connectivity index (χ0) is 13.3. The summed E-state index contributed by atoms with van der Waals surface area (Å²) in [5.41, 5.74) is -0.505. The van der Waals surface area contributed by atoms with E-state index in [-0.39, 0.29) is 10.4 Å². The lowest BCUT2D eigenvalue weighted by Crippen LogP contribution is -2.28. The first-order valence-corrected chi connectivity index (χ1v) is 6.64.